The fourth-order valence-corrected chi connectivity index (χ4v) is 2.08. The summed E-state index contributed by atoms with van der Waals surface area (Å²) in [6, 6.07) is 6.39. The van der Waals surface area contributed by atoms with E-state index in [9.17, 15) is 12.8 Å². The standard InChI is InChI=1S/C12H18FNO3S/c13-12-6-4-11(5-7-12)3-1-8-14-9-2-10-18(15,16)17/h4-7,14H,1-3,8-10H2,(H,15,16,17). The number of hydrogen-bond acceptors (Lipinski definition) is 3. The first kappa shape index (κ1) is 15.1. The van der Waals surface area contributed by atoms with E-state index < -0.39 is 10.1 Å². The van der Waals surface area contributed by atoms with Crippen molar-refractivity contribution in [3.05, 3.63) is 35.6 Å². The Labute approximate surface area is 107 Å². The number of nitrogens with one attached hydrogen (secondary N) is 1. The van der Waals surface area contributed by atoms with Gasteiger partial charge in [0, 0.05) is 0 Å². The lowest BCUT2D eigenvalue weighted by Gasteiger charge is -2.04. The number of aryl methyl sites for hydroxylation is 1. The van der Waals surface area contributed by atoms with Crippen LogP contribution >= 0.6 is 0 Å². The molecule has 0 aromatic heterocycles. The summed E-state index contributed by atoms with van der Waals surface area (Å²) in [5, 5.41) is 3.09. The molecule has 0 bridgehead atoms. The Morgan fingerprint density at radius 1 is 1.11 bits per heavy atom. The lowest BCUT2D eigenvalue weighted by Crippen LogP contribution is -2.19. The van der Waals surface area contributed by atoms with Gasteiger partial charge in [0.15, 0.2) is 0 Å². The van der Waals surface area contributed by atoms with Gasteiger partial charge in [0.1, 0.15) is 5.82 Å². The normalized spacial score (nSPS) is 11.7. The first-order valence-corrected chi connectivity index (χ1v) is 7.48. The van der Waals surface area contributed by atoms with Gasteiger partial charge >= 0.3 is 0 Å². The van der Waals surface area contributed by atoms with Crippen molar-refractivity contribution in [2.24, 2.45) is 0 Å². The van der Waals surface area contributed by atoms with Crippen molar-refractivity contribution in [3.8, 4) is 0 Å². The largest absolute Gasteiger partial charge is 0.317 e. The number of benzene rings is 1. The van der Waals surface area contributed by atoms with Crippen LogP contribution in [0.15, 0.2) is 24.3 Å². The summed E-state index contributed by atoms with van der Waals surface area (Å²) in [5.74, 6) is -0.445. The number of halogens is 1. The molecule has 18 heavy (non-hydrogen) atoms. The molecule has 0 unspecified atom stereocenters. The molecule has 0 radical (unpaired) electrons. The SMILES string of the molecule is O=S(=O)(O)CCCNCCCc1ccc(F)cc1. The summed E-state index contributed by atoms with van der Waals surface area (Å²) in [5.41, 5.74) is 1.08. The molecule has 2 N–H and O–H groups in total. The highest BCUT2D eigenvalue weighted by molar-refractivity contribution is 7.85. The molecule has 1 rings (SSSR count). The lowest BCUT2D eigenvalue weighted by atomic mass is 10.1. The van der Waals surface area contributed by atoms with Crippen molar-refractivity contribution in [2.45, 2.75) is 19.3 Å². The van der Waals surface area contributed by atoms with Crippen molar-refractivity contribution < 1.29 is 17.4 Å². The summed E-state index contributed by atoms with van der Waals surface area (Å²) in [7, 11) is -3.84. The first-order chi connectivity index (χ1) is 8.47. The van der Waals surface area contributed by atoms with Gasteiger partial charge in [-0.25, -0.2) is 4.39 Å². The minimum atomic E-state index is -3.84. The Kier molecular flexibility index (Phi) is 6.24. The van der Waals surface area contributed by atoms with E-state index in [1.54, 1.807) is 12.1 Å². The van der Waals surface area contributed by atoms with Gasteiger partial charge in [-0.2, -0.15) is 8.42 Å². The Balaban J connectivity index is 2.04. The van der Waals surface area contributed by atoms with E-state index in [-0.39, 0.29) is 11.6 Å². The second kappa shape index (κ2) is 7.45. The van der Waals surface area contributed by atoms with Crippen LogP contribution in [0.3, 0.4) is 0 Å². The van der Waals surface area contributed by atoms with Crippen molar-refractivity contribution in [3.63, 3.8) is 0 Å². The van der Waals surface area contributed by atoms with E-state index in [2.05, 4.69) is 5.32 Å². The lowest BCUT2D eigenvalue weighted by molar-refractivity contribution is 0.479. The van der Waals surface area contributed by atoms with Crippen LogP contribution in [0, 0.1) is 5.82 Å². The van der Waals surface area contributed by atoms with E-state index in [4.69, 9.17) is 4.55 Å². The predicted molar refractivity (Wildman–Crippen MR) is 68.6 cm³/mol. The monoisotopic (exact) mass is 275 g/mol. The third-order valence-corrected chi connectivity index (χ3v) is 3.29. The Morgan fingerprint density at radius 3 is 2.33 bits per heavy atom. The molecule has 0 fully saturated rings. The van der Waals surface area contributed by atoms with Crippen LogP contribution in [0.4, 0.5) is 4.39 Å². The third kappa shape index (κ3) is 7.37. The zero-order valence-corrected chi connectivity index (χ0v) is 10.9. The molecule has 4 nitrogen and oxygen atoms in total. The molecule has 0 aliphatic rings. The Morgan fingerprint density at radius 2 is 1.72 bits per heavy atom. The molecule has 0 amide bonds. The average molecular weight is 275 g/mol. The first-order valence-electron chi connectivity index (χ1n) is 5.88. The molecule has 1 aromatic rings. The zero-order valence-electron chi connectivity index (χ0n) is 10.1. The van der Waals surface area contributed by atoms with Crippen LogP contribution in [0.2, 0.25) is 0 Å². The third-order valence-electron chi connectivity index (χ3n) is 2.49. The van der Waals surface area contributed by atoms with Crippen LogP contribution in [-0.2, 0) is 16.5 Å². The molecule has 0 atom stereocenters. The van der Waals surface area contributed by atoms with E-state index in [0.29, 0.717) is 13.0 Å². The maximum absolute atomic E-state index is 12.6. The van der Waals surface area contributed by atoms with Gasteiger partial charge in [0.25, 0.3) is 10.1 Å². The topological polar surface area (TPSA) is 66.4 Å². The van der Waals surface area contributed by atoms with Crippen LogP contribution in [0.25, 0.3) is 0 Å². The molecule has 6 heteroatoms. The van der Waals surface area contributed by atoms with Gasteiger partial charge in [-0.15, -0.1) is 0 Å². The smallest absolute Gasteiger partial charge is 0.264 e. The second-order valence-corrected chi connectivity index (χ2v) is 5.69. The van der Waals surface area contributed by atoms with E-state index in [1.165, 1.54) is 12.1 Å². The van der Waals surface area contributed by atoms with Crippen molar-refractivity contribution in [2.75, 3.05) is 18.8 Å². The fourth-order valence-electron chi connectivity index (χ4n) is 1.57. The summed E-state index contributed by atoms with van der Waals surface area (Å²) in [4.78, 5) is 0. The van der Waals surface area contributed by atoms with Crippen LogP contribution in [0.1, 0.15) is 18.4 Å². The Hall–Kier alpha value is -0.980. The van der Waals surface area contributed by atoms with Crippen LogP contribution < -0.4 is 5.32 Å². The Bertz CT molecular complexity index is 445. The van der Waals surface area contributed by atoms with Gasteiger partial charge in [-0.05, 0) is 50.0 Å². The van der Waals surface area contributed by atoms with Crippen LogP contribution in [-0.4, -0.2) is 31.8 Å². The molecule has 0 spiro atoms. The van der Waals surface area contributed by atoms with Crippen molar-refractivity contribution in [1.29, 1.82) is 0 Å². The second-order valence-electron chi connectivity index (χ2n) is 4.12. The molecule has 0 aliphatic heterocycles. The van der Waals surface area contributed by atoms with Gasteiger partial charge in [-0.1, -0.05) is 12.1 Å². The molecule has 102 valence electrons. The summed E-state index contributed by atoms with van der Waals surface area (Å²) in [6.07, 6.45) is 2.15. The van der Waals surface area contributed by atoms with Gasteiger partial charge in [-0.3, -0.25) is 4.55 Å². The van der Waals surface area contributed by atoms with Gasteiger partial charge < -0.3 is 5.32 Å². The molecular weight excluding hydrogens is 257 g/mol. The van der Waals surface area contributed by atoms with Crippen molar-refractivity contribution in [1.82, 2.24) is 5.32 Å². The van der Waals surface area contributed by atoms with Crippen LogP contribution in [0.5, 0.6) is 0 Å². The fraction of sp³-hybridized carbons (Fsp3) is 0.500. The summed E-state index contributed by atoms with van der Waals surface area (Å²) in [6.45, 7) is 1.33. The maximum Gasteiger partial charge on any atom is 0.264 e. The maximum atomic E-state index is 12.6. The minimum absolute atomic E-state index is 0.210. The highest BCUT2D eigenvalue weighted by Gasteiger charge is 2.02. The van der Waals surface area contributed by atoms with E-state index >= 15 is 0 Å². The van der Waals surface area contributed by atoms with E-state index in [0.717, 1.165) is 24.9 Å². The molecule has 0 heterocycles. The highest BCUT2D eigenvalue weighted by Crippen LogP contribution is 2.04. The molecule has 1 aromatic carbocycles. The molecule has 0 saturated heterocycles. The minimum Gasteiger partial charge on any atom is -0.317 e. The zero-order chi connectivity index (χ0) is 13.4. The summed E-state index contributed by atoms with van der Waals surface area (Å²) >= 11 is 0. The quantitative estimate of drug-likeness (QED) is 0.559. The van der Waals surface area contributed by atoms with E-state index in [1.807, 2.05) is 0 Å². The molecule has 0 saturated carbocycles. The van der Waals surface area contributed by atoms with Gasteiger partial charge in [0.2, 0.25) is 0 Å². The molecule has 0 aliphatic carbocycles. The van der Waals surface area contributed by atoms with Crippen molar-refractivity contribution >= 4 is 10.1 Å². The predicted octanol–water partition coefficient (Wildman–Crippen LogP) is 1.63. The average Bonchev–Trinajstić information content (AvgIpc) is 2.29. The number of rotatable bonds is 8. The number of hydrogen-bond donors (Lipinski definition) is 2. The highest BCUT2D eigenvalue weighted by atomic mass is 32.2. The molecular formula is C12H18FNO3S. The van der Waals surface area contributed by atoms with Gasteiger partial charge in [0.05, 0.1) is 5.75 Å². The summed E-state index contributed by atoms with van der Waals surface area (Å²) < 4.78 is 42.0.